The molecule has 0 radical (unpaired) electrons. The Hall–Kier alpha value is -4.43. The largest absolute Gasteiger partial charge is 0.434 e. The molecule has 1 amide bonds. The van der Waals surface area contributed by atoms with Gasteiger partial charge in [-0.1, -0.05) is 6.07 Å². The number of rotatable bonds is 4. The van der Waals surface area contributed by atoms with E-state index in [0.29, 0.717) is 41.9 Å². The second-order valence-corrected chi connectivity index (χ2v) is 11.3. The number of halogens is 2. The van der Waals surface area contributed by atoms with Crippen LogP contribution < -0.4 is 10.5 Å². The van der Waals surface area contributed by atoms with Crippen molar-refractivity contribution in [3.63, 3.8) is 0 Å². The van der Waals surface area contributed by atoms with Crippen molar-refractivity contribution in [3.05, 3.63) is 77.3 Å². The zero-order chi connectivity index (χ0) is 28.0. The Morgan fingerprint density at radius 3 is 2.62 bits per heavy atom. The van der Waals surface area contributed by atoms with Crippen molar-refractivity contribution in [2.24, 2.45) is 11.1 Å². The molecule has 202 valence electrons. The van der Waals surface area contributed by atoms with Crippen LogP contribution in [-0.2, 0) is 5.54 Å². The van der Waals surface area contributed by atoms with Crippen molar-refractivity contribution in [3.8, 4) is 22.9 Å². The first-order valence-corrected chi connectivity index (χ1v) is 13.0. The number of aromatic nitrogens is 4. The van der Waals surface area contributed by atoms with Crippen molar-refractivity contribution < 1.29 is 18.3 Å². The van der Waals surface area contributed by atoms with E-state index in [1.165, 1.54) is 6.07 Å². The molecule has 2 N–H and O–H groups in total. The van der Waals surface area contributed by atoms with Crippen molar-refractivity contribution in [2.45, 2.75) is 50.3 Å². The molecule has 2 atom stereocenters. The van der Waals surface area contributed by atoms with E-state index in [9.17, 15) is 18.8 Å². The molecule has 9 nitrogen and oxygen atoms in total. The van der Waals surface area contributed by atoms with E-state index >= 15 is 0 Å². The highest BCUT2D eigenvalue weighted by Crippen LogP contribution is 2.53. The summed E-state index contributed by atoms with van der Waals surface area (Å²) in [6.07, 6.45) is 6.89. The SMILES string of the molecule is CN1C(=O)c2cccc(OC(F)F)c2C2CC1c1nc3ccc(-c4cnc(C5(N)CC(C)(C#N)C5)nc4)cn3c12. The van der Waals surface area contributed by atoms with Crippen LogP contribution >= 0.6 is 0 Å². The van der Waals surface area contributed by atoms with Crippen LogP contribution in [0.5, 0.6) is 5.75 Å². The third-order valence-corrected chi connectivity index (χ3v) is 8.55. The summed E-state index contributed by atoms with van der Waals surface area (Å²) in [5.74, 6) is -0.105. The minimum atomic E-state index is -3.02. The van der Waals surface area contributed by atoms with Gasteiger partial charge >= 0.3 is 6.61 Å². The molecule has 2 aliphatic carbocycles. The molecule has 2 bridgehead atoms. The molecular weight excluding hydrogens is 516 g/mol. The molecule has 1 aliphatic heterocycles. The molecule has 0 saturated heterocycles. The highest BCUT2D eigenvalue weighted by atomic mass is 19.3. The fourth-order valence-corrected chi connectivity index (χ4v) is 6.82. The first-order valence-electron chi connectivity index (χ1n) is 13.0. The Bertz CT molecular complexity index is 1740. The topological polar surface area (TPSA) is 122 Å². The first kappa shape index (κ1) is 24.6. The predicted molar refractivity (Wildman–Crippen MR) is 139 cm³/mol. The van der Waals surface area contributed by atoms with Crippen molar-refractivity contribution in [1.29, 1.82) is 5.26 Å². The minimum Gasteiger partial charge on any atom is -0.434 e. The van der Waals surface area contributed by atoms with Gasteiger partial charge in [0.1, 0.15) is 17.2 Å². The molecule has 4 aromatic rings. The summed E-state index contributed by atoms with van der Waals surface area (Å²) < 4.78 is 33.6. The van der Waals surface area contributed by atoms with Gasteiger partial charge in [0, 0.05) is 53.8 Å². The van der Waals surface area contributed by atoms with Gasteiger partial charge in [-0.3, -0.25) is 4.79 Å². The molecule has 1 fully saturated rings. The van der Waals surface area contributed by atoms with E-state index < -0.39 is 17.6 Å². The molecular formula is C29H25F2N7O2. The van der Waals surface area contributed by atoms with Crippen LogP contribution in [0.25, 0.3) is 16.8 Å². The Labute approximate surface area is 228 Å². The van der Waals surface area contributed by atoms with Gasteiger partial charge in [0.25, 0.3) is 5.91 Å². The number of nitriles is 1. The molecule has 11 heteroatoms. The van der Waals surface area contributed by atoms with E-state index in [4.69, 9.17) is 15.5 Å². The fraction of sp³-hybridized carbons (Fsp3) is 0.345. The Kier molecular flexibility index (Phi) is 5.10. The summed E-state index contributed by atoms with van der Waals surface area (Å²) in [6, 6.07) is 10.5. The van der Waals surface area contributed by atoms with Crippen LogP contribution in [0.2, 0.25) is 0 Å². The van der Waals surface area contributed by atoms with Crippen LogP contribution in [-0.4, -0.2) is 43.8 Å². The van der Waals surface area contributed by atoms with Gasteiger partial charge in [-0.2, -0.15) is 14.0 Å². The van der Waals surface area contributed by atoms with Gasteiger partial charge in [-0.25, -0.2) is 15.0 Å². The predicted octanol–water partition coefficient (Wildman–Crippen LogP) is 4.53. The number of benzene rings is 1. The number of fused-ring (bicyclic) bond motifs is 9. The van der Waals surface area contributed by atoms with Crippen molar-refractivity contribution in [1.82, 2.24) is 24.3 Å². The maximum absolute atomic E-state index is 13.4. The number of amides is 1. The summed E-state index contributed by atoms with van der Waals surface area (Å²) in [4.78, 5) is 28.9. The number of nitrogens with zero attached hydrogens (tertiary/aromatic N) is 6. The standard InChI is InChI=1S/C29H25F2N7O2/c1-28(14-32)12-29(33,13-28)26-34-9-16(10-35-26)15-6-7-21-36-23-19-8-18(24(23)38(21)11-15)22-17(25(39)37(19)2)4-3-5-20(22)40-27(30)31/h3-7,9-11,18-19,27H,8,12-13,33H2,1-2H3. The Balaban J connectivity index is 1.31. The number of alkyl halides is 2. The smallest absolute Gasteiger partial charge is 0.387 e. The van der Waals surface area contributed by atoms with Gasteiger partial charge in [0.2, 0.25) is 0 Å². The molecule has 4 heterocycles. The quantitative estimate of drug-likeness (QED) is 0.403. The number of pyridine rings is 1. The maximum atomic E-state index is 13.4. The van der Waals surface area contributed by atoms with E-state index in [-0.39, 0.29) is 23.6 Å². The van der Waals surface area contributed by atoms with Crippen molar-refractivity contribution in [2.75, 3.05) is 7.05 Å². The molecule has 40 heavy (non-hydrogen) atoms. The lowest BCUT2D eigenvalue weighted by molar-refractivity contribution is -0.0506. The fourth-order valence-electron chi connectivity index (χ4n) is 6.82. The third kappa shape index (κ3) is 3.45. The lowest BCUT2D eigenvalue weighted by Crippen LogP contribution is -2.54. The summed E-state index contributed by atoms with van der Waals surface area (Å²) in [6.45, 7) is -1.13. The average Bonchev–Trinajstić information content (AvgIpc) is 3.45. The summed E-state index contributed by atoms with van der Waals surface area (Å²) >= 11 is 0. The summed E-state index contributed by atoms with van der Waals surface area (Å²) in [7, 11) is 1.72. The lowest BCUT2D eigenvalue weighted by atomic mass is 9.59. The monoisotopic (exact) mass is 541 g/mol. The highest BCUT2D eigenvalue weighted by molar-refractivity contribution is 5.98. The molecule has 3 aliphatic rings. The van der Waals surface area contributed by atoms with Gasteiger partial charge in [0.05, 0.1) is 34.5 Å². The van der Waals surface area contributed by atoms with Gasteiger partial charge in [0.15, 0.2) is 0 Å². The third-order valence-electron chi connectivity index (χ3n) is 8.55. The Morgan fingerprint density at radius 1 is 1.18 bits per heavy atom. The summed E-state index contributed by atoms with van der Waals surface area (Å²) in [5, 5.41) is 9.35. The maximum Gasteiger partial charge on any atom is 0.387 e. The first-order chi connectivity index (χ1) is 19.1. The number of carbonyl (C=O) groups is 1. The summed E-state index contributed by atoms with van der Waals surface area (Å²) in [5.41, 5.74) is 9.99. The average molecular weight is 542 g/mol. The molecule has 7 rings (SSSR count). The second kappa shape index (κ2) is 8.29. The normalized spacial score (nSPS) is 26.7. The van der Waals surface area contributed by atoms with E-state index in [0.717, 1.165) is 22.5 Å². The number of carbonyl (C=O) groups excluding carboxylic acids is 1. The van der Waals surface area contributed by atoms with Crippen LogP contribution in [0.4, 0.5) is 8.78 Å². The molecule has 3 aromatic heterocycles. The number of hydrogen-bond donors (Lipinski definition) is 1. The van der Waals surface area contributed by atoms with Crippen LogP contribution in [0.15, 0.2) is 48.9 Å². The minimum absolute atomic E-state index is 0.00190. The molecule has 1 aromatic carbocycles. The van der Waals surface area contributed by atoms with Crippen LogP contribution in [0.1, 0.15) is 71.3 Å². The highest BCUT2D eigenvalue weighted by Gasteiger charge is 2.53. The van der Waals surface area contributed by atoms with Crippen LogP contribution in [0.3, 0.4) is 0 Å². The van der Waals surface area contributed by atoms with Crippen LogP contribution in [0, 0.1) is 16.7 Å². The zero-order valence-electron chi connectivity index (χ0n) is 21.8. The molecule has 0 spiro atoms. The lowest BCUT2D eigenvalue weighted by Gasteiger charge is -2.47. The number of ether oxygens (including phenoxy) is 1. The number of hydrogen-bond acceptors (Lipinski definition) is 7. The zero-order valence-corrected chi connectivity index (χ0v) is 21.8. The number of imidazole rings is 1. The molecule has 1 saturated carbocycles. The van der Waals surface area contributed by atoms with E-state index in [1.807, 2.05) is 29.7 Å². The van der Waals surface area contributed by atoms with Gasteiger partial charge in [-0.05, 0) is 50.5 Å². The Morgan fingerprint density at radius 2 is 1.93 bits per heavy atom. The van der Waals surface area contributed by atoms with Crippen molar-refractivity contribution >= 4 is 11.6 Å². The van der Waals surface area contributed by atoms with E-state index in [1.54, 1.807) is 36.5 Å². The molecule has 2 unspecified atom stereocenters. The van der Waals surface area contributed by atoms with E-state index in [2.05, 4.69) is 16.0 Å². The van der Waals surface area contributed by atoms with Gasteiger partial charge < -0.3 is 19.8 Å². The number of nitrogens with two attached hydrogens (primary N) is 1. The van der Waals surface area contributed by atoms with Gasteiger partial charge in [-0.15, -0.1) is 0 Å². The second-order valence-electron chi connectivity index (χ2n) is 11.3.